The van der Waals surface area contributed by atoms with Crippen molar-refractivity contribution >= 4 is 16.9 Å². The Morgan fingerprint density at radius 3 is 2.42 bits per heavy atom. The molecule has 1 aromatic heterocycles. The number of unbranched alkanes of at least 4 members (excludes halogenated alkanes) is 1. The summed E-state index contributed by atoms with van der Waals surface area (Å²) in [5, 5.41) is 9.55. The first-order valence-electron chi connectivity index (χ1n) is 10.2. The van der Waals surface area contributed by atoms with Crippen molar-refractivity contribution in [3.63, 3.8) is 0 Å². The molecule has 0 atom stereocenters. The summed E-state index contributed by atoms with van der Waals surface area (Å²) in [6, 6.07) is 24.1. The predicted molar refractivity (Wildman–Crippen MR) is 120 cm³/mol. The molecule has 0 aliphatic carbocycles. The first-order valence-corrected chi connectivity index (χ1v) is 10.2. The van der Waals surface area contributed by atoms with E-state index in [-0.39, 0.29) is 16.8 Å². The SMILES string of the molecule is O=C(O)c1cc(=O)c2cccc(-c3ccc(OCCCCc4ccccc4)cc3)c2o1. The van der Waals surface area contributed by atoms with Gasteiger partial charge >= 0.3 is 5.97 Å². The zero-order valence-corrected chi connectivity index (χ0v) is 16.9. The number of fused-ring (bicyclic) bond motifs is 1. The highest BCUT2D eigenvalue weighted by Gasteiger charge is 2.14. The molecule has 0 radical (unpaired) electrons. The number of ether oxygens (including phenoxy) is 1. The third-order valence-electron chi connectivity index (χ3n) is 5.10. The summed E-state index contributed by atoms with van der Waals surface area (Å²) in [4.78, 5) is 23.5. The first kappa shape index (κ1) is 20.4. The second-order valence-corrected chi connectivity index (χ2v) is 7.28. The van der Waals surface area contributed by atoms with Crippen molar-refractivity contribution in [2.24, 2.45) is 0 Å². The van der Waals surface area contributed by atoms with Crippen molar-refractivity contribution in [2.45, 2.75) is 19.3 Å². The van der Waals surface area contributed by atoms with Crippen molar-refractivity contribution < 1.29 is 19.1 Å². The molecule has 0 saturated carbocycles. The molecule has 1 N–H and O–H groups in total. The number of carbonyl (C=O) groups is 1. The number of rotatable bonds is 8. The molecule has 156 valence electrons. The maximum Gasteiger partial charge on any atom is 0.371 e. The molecule has 0 aliphatic heterocycles. The molecule has 0 aliphatic rings. The van der Waals surface area contributed by atoms with Crippen LogP contribution in [0.15, 0.2) is 88.1 Å². The molecule has 31 heavy (non-hydrogen) atoms. The smallest absolute Gasteiger partial charge is 0.371 e. The van der Waals surface area contributed by atoms with Crippen LogP contribution in [0.1, 0.15) is 29.0 Å². The van der Waals surface area contributed by atoms with Crippen LogP contribution >= 0.6 is 0 Å². The molecule has 0 amide bonds. The van der Waals surface area contributed by atoms with Crippen molar-refractivity contribution in [3.05, 3.63) is 100 Å². The maximum absolute atomic E-state index is 12.3. The van der Waals surface area contributed by atoms with Gasteiger partial charge < -0.3 is 14.3 Å². The van der Waals surface area contributed by atoms with E-state index < -0.39 is 5.97 Å². The van der Waals surface area contributed by atoms with E-state index in [2.05, 4.69) is 24.3 Å². The highest BCUT2D eigenvalue weighted by Crippen LogP contribution is 2.29. The van der Waals surface area contributed by atoms with Crippen LogP contribution in [-0.2, 0) is 6.42 Å². The lowest BCUT2D eigenvalue weighted by molar-refractivity contribution is 0.0663. The Balaban J connectivity index is 1.44. The Bertz CT molecular complexity index is 1240. The van der Waals surface area contributed by atoms with E-state index >= 15 is 0 Å². The van der Waals surface area contributed by atoms with Crippen molar-refractivity contribution in [1.82, 2.24) is 0 Å². The van der Waals surface area contributed by atoms with Crippen LogP contribution in [0.4, 0.5) is 0 Å². The Morgan fingerprint density at radius 2 is 1.68 bits per heavy atom. The van der Waals surface area contributed by atoms with E-state index in [0.29, 0.717) is 17.6 Å². The molecule has 1 heterocycles. The number of aromatic carboxylic acids is 1. The Kier molecular flexibility index (Phi) is 6.13. The van der Waals surface area contributed by atoms with Gasteiger partial charge in [-0.1, -0.05) is 54.6 Å². The number of hydrogen-bond donors (Lipinski definition) is 1. The molecule has 5 nitrogen and oxygen atoms in total. The van der Waals surface area contributed by atoms with Gasteiger partial charge in [-0.25, -0.2) is 4.79 Å². The minimum atomic E-state index is -1.27. The van der Waals surface area contributed by atoms with Gasteiger partial charge in [0.05, 0.1) is 12.0 Å². The summed E-state index contributed by atoms with van der Waals surface area (Å²) >= 11 is 0. The summed E-state index contributed by atoms with van der Waals surface area (Å²) in [6.45, 7) is 0.636. The van der Waals surface area contributed by atoms with Gasteiger partial charge in [-0.3, -0.25) is 4.79 Å². The quantitative estimate of drug-likeness (QED) is 0.382. The van der Waals surface area contributed by atoms with Crippen molar-refractivity contribution in [2.75, 3.05) is 6.61 Å². The summed E-state index contributed by atoms with van der Waals surface area (Å²) in [5.41, 5.74) is 2.69. The third-order valence-corrected chi connectivity index (χ3v) is 5.10. The number of carboxylic acids is 1. The van der Waals surface area contributed by atoms with E-state index in [1.807, 2.05) is 30.3 Å². The number of carboxylic acid groups (broad SMARTS) is 1. The Labute approximate surface area is 179 Å². The monoisotopic (exact) mass is 414 g/mol. The van der Waals surface area contributed by atoms with Gasteiger partial charge in [0, 0.05) is 11.6 Å². The van der Waals surface area contributed by atoms with Crippen molar-refractivity contribution in [1.29, 1.82) is 0 Å². The highest BCUT2D eigenvalue weighted by molar-refractivity contribution is 5.94. The molecule has 0 bridgehead atoms. The predicted octanol–water partition coefficient (Wildman–Crippen LogP) is 5.56. The molecule has 0 fully saturated rings. The lowest BCUT2D eigenvalue weighted by Crippen LogP contribution is -2.06. The van der Waals surface area contributed by atoms with Gasteiger partial charge in [0.1, 0.15) is 11.3 Å². The average Bonchev–Trinajstić information content (AvgIpc) is 2.79. The minimum absolute atomic E-state index is 0.266. The minimum Gasteiger partial charge on any atom is -0.494 e. The number of aryl methyl sites for hydroxylation is 1. The molecule has 5 heteroatoms. The van der Waals surface area contributed by atoms with E-state index in [9.17, 15) is 14.7 Å². The number of benzene rings is 3. The van der Waals surface area contributed by atoms with E-state index in [0.717, 1.165) is 36.6 Å². The fourth-order valence-corrected chi connectivity index (χ4v) is 3.51. The fraction of sp³-hybridized carbons (Fsp3) is 0.154. The molecule has 0 saturated heterocycles. The van der Waals surface area contributed by atoms with E-state index in [4.69, 9.17) is 9.15 Å². The van der Waals surface area contributed by atoms with Gasteiger partial charge in [0.25, 0.3) is 0 Å². The van der Waals surface area contributed by atoms with Gasteiger partial charge in [0.15, 0.2) is 5.43 Å². The van der Waals surface area contributed by atoms with Crippen LogP contribution < -0.4 is 10.2 Å². The van der Waals surface area contributed by atoms with E-state index in [1.54, 1.807) is 18.2 Å². The molecule has 3 aromatic carbocycles. The summed E-state index contributed by atoms with van der Waals surface area (Å²) in [5.74, 6) is -0.887. The van der Waals surface area contributed by atoms with Gasteiger partial charge in [-0.15, -0.1) is 0 Å². The van der Waals surface area contributed by atoms with Crippen LogP contribution in [0.2, 0.25) is 0 Å². The van der Waals surface area contributed by atoms with E-state index in [1.165, 1.54) is 5.56 Å². The molecule has 0 unspecified atom stereocenters. The third kappa shape index (κ3) is 4.83. The largest absolute Gasteiger partial charge is 0.494 e. The second kappa shape index (κ2) is 9.30. The normalized spacial score (nSPS) is 10.8. The lowest BCUT2D eigenvalue weighted by Gasteiger charge is -2.09. The number of hydrogen-bond acceptors (Lipinski definition) is 4. The standard InChI is InChI=1S/C26H22O5/c27-23-17-24(26(28)29)31-25-21(10-6-11-22(23)25)19-12-14-20(15-13-19)30-16-5-4-9-18-7-2-1-3-8-18/h1-3,6-8,10-15,17H,4-5,9,16H2,(H,28,29). The van der Waals surface area contributed by atoms with Crippen LogP contribution in [0, 0.1) is 0 Å². The number of para-hydroxylation sites is 1. The zero-order chi connectivity index (χ0) is 21.6. The average molecular weight is 414 g/mol. The molecule has 4 aromatic rings. The molecule has 0 spiro atoms. The summed E-state index contributed by atoms with van der Waals surface area (Å²) < 4.78 is 11.4. The van der Waals surface area contributed by atoms with Gasteiger partial charge in [0.2, 0.25) is 5.76 Å². The summed E-state index contributed by atoms with van der Waals surface area (Å²) in [6.07, 6.45) is 3.06. The highest BCUT2D eigenvalue weighted by atomic mass is 16.5. The van der Waals surface area contributed by atoms with Gasteiger partial charge in [-0.2, -0.15) is 0 Å². The lowest BCUT2D eigenvalue weighted by atomic mass is 10.0. The fourth-order valence-electron chi connectivity index (χ4n) is 3.51. The molecular weight excluding hydrogens is 392 g/mol. The Hall–Kier alpha value is -3.86. The molecule has 4 rings (SSSR count). The maximum atomic E-state index is 12.3. The molecular formula is C26H22O5. The van der Waals surface area contributed by atoms with Crippen LogP contribution in [0.25, 0.3) is 22.1 Å². The van der Waals surface area contributed by atoms with Crippen LogP contribution in [-0.4, -0.2) is 17.7 Å². The van der Waals surface area contributed by atoms with Gasteiger partial charge in [-0.05, 0) is 48.6 Å². The summed E-state index contributed by atoms with van der Waals surface area (Å²) in [7, 11) is 0. The van der Waals surface area contributed by atoms with Crippen molar-refractivity contribution in [3.8, 4) is 16.9 Å². The second-order valence-electron chi connectivity index (χ2n) is 7.28. The van der Waals surface area contributed by atoms with Crippen LogP contribution in [0.5, 0.6) is 5.75 Å². The Morgan fingerprint density at radius 1 is 0.903 bits per heavy atom. The topological polar surface area (TPSA) is 76.7 Å². The van der Waals surface area contributed by atoms with Crippen LogP contribution in [0.3, 0.4) is 0 Å². The zero-order valence-electron chi connectivity index (χ0n) is 16.9. The first-order chi connectivity index (χ1) is 15.1.